The van der Waals surface area contributed by atoms with Gasteiger partial charge in [0.15, 0.2) is 0 Å². The molecule has 1 aliphatic carbocycles. The zero-order valence-electron chi connectivity index (χ0n) is 11.1. The van der Waals surface area contributed by atoms with Crippen molar-refractivity contribution in [3.63, 3.8) is 0 Å². The summed E-state index contributed by atoms with van der Waals surface area (Å²) in [5, 5.41) is 0. The number of carbonyl (C=O) groups is 1. The minimum atomic E-state index is -0.306. The van der Waals surface area contributed by atoms with Crippen molar-refractivity contribution in [1.29, 1.82) is 0 Å². The van der Waals surface area contributed by atoms with Gasteiger partial charge in [-0.15, -0.1) is 0 Å². The van der Waals surface area contributed by atoms with Crippen molar-refractivity contribution in [3.8, 4) is 0 Å². The topological polar surface area (TPSA) is 33.5 Å². The highest BCUT2D eigenvalue weighted by Crippen LogP contribution is 2.29. The predicted octanol–water partition coefficient (Wildman–Crippen LogP) is 3.15. The predicted molar refractivity (Wildman–Crippen MR) is 72.4 cm³/mol. The molecular formula is C16H16FNO2. The second kappa shape index (κ2) is 5.49. The van der Waals surface area contributed by atoms with Crippen LogP contribution in [-0.2, 0) is 17.8 Å². The van der Waals surface area contributed by atoms with Crippen LogP contribution in [0, 0.1) is 5.82 Å². The van der Waals surface area contributed by atoms with E-state index >= 15 is 0 Å². The molecule has 3 nitrogen and oxygen atoms in total. The van der Waals surface area contributed by atoms with E-state index in [4.69, 9.17) is 4.42 Å². The van der Waals surface area contributed by atoms with Gasteiger partial charge in [-0.3, -0.25) is 4.79 Å². The molecule has 0 bridgehead atoms. The fraction of sp³-hybridized carbons (Fsp3) is 0.312. The molecule has 1 amide bonds. The van der Waals surface area contributed by atoms with Gasteiger partial charge >= 0.3 is 0 Å². The number of benzene rings is 1. The Morgan fingerprint density at radius 1 is 1.30 bits per heavy atom. The van der Waals surface area contributed by atoms with Crippen LogP contribution in [0.2, 0.25) is 0 Å². The number of hydrogen-bond donors (Lipinski definition) is 0. The minimum absolute atomic E-state index is 0.0227. The van der Waals surface area contributed by atoms with Crippen molar-refractivity contribution in [3.05, 3.63) is 59.8 Å². The first-order chi connectivity index (χ1) is 9.72. The maximum Gasteiger partial charge on any atom is 0.227 e. The summed E-state index contributed by atoms with van der Waals surface area (Å²) in [5.41, 5.74) is 0.708. The summed E-state index contributed by atoms with van der Waals surface area (Å²) >= 11 is 0. The maximum absolute atomic E-state index is 13.2. The van der Waals surface area contributed by atoms with Gasteiger partial charge in [-0.2, -0.15) is 0 Å². The van der Waals surface area contributed by atoms with Crippen molar-refractivity contribution < 1.29 is 13.6 Å². The van der Waals surface area contributed by atoms with E-state index in [1.165, 1.54) is 12.1 Å². The quantitative estimate of drug-likeness (QED) is 0.838. The molecule has 104 valence electrons. The fourth-order valence-corrected chi connectivity index (χ4v) is 2.30. The lowest BCUT2D eigenvalue weighted by atomic mass is 10.1. The normalized spacial score (nSPS) is 14.2. The van der Waals surface area contributed by atoms with Crippen LogP contribution in [0.4, 0.5) is 4.39 Å². The smallest absolute Gasteiger partial charge is 0.227 e. The number of hydrogen-bond acceptors (Lipinski definition) is 2. The molecule has 0 atom stereocenters. The van der Waals surface area contributed by atoms with E-state index in [0.717, 1.165) is 18.6 Å². The van der Waals surface area contributed by atoms with Gasteiger partial charge < -0.3 is 9.32 Å². The second-order valence-corrected chi connectivity index (χ2v) is 5.14. The van der Waals surface area contributed by atoms with Crippen molar-refractivity contribution in [2.75, 3.05) is 0 Å². The molecule has 0 spiro atoms. The highest BCUT2D eigenvalue weighted by atomic mass is 19.1. The third-order valence-corrected chi connectivity index (χ3v) is 3.46. The minimum Gasteiger partial charge on any atom is -0.467 e. The van der Waals surface area contributed by atoms with Crippen LogP contribution in [0.15, 0.2) is 47.1 Å². The van der Waals surface area contributed by atoms with Crippen LogP contribution in [0.3, 0.4) is 0 Å². The zero-order chi connectivity index (χ0) is 13.9. The second-order valence-electron chi connectivity index (χ2n) is 5.14. The Morgan fingerprint density at radius 3 is 2.80 bits per heavy atom. The SMILES string of the molecule is O=C(Cc1cccc(F)c1)N(Cc1ccco1)C1CC1. The summed E-state index contributed by atoms with van der Waals surface area (Å²) < 4.78 is 18.5. The molecule has 4 heteroatoms. The molecule has 1 saturated carbocycles. The van der Waals surface area contributed by atoms with E-state index < -0.39 is 0 Å². The van der Waals surface area contributed by atoms with E-state index in [2.05, 4.69) is 0 Å². The molecule has 1 heterocycles. The first-order valence-electron chi connectivity index (χ1n) is 6.78. The average molecular weight is 273 g/mol. The Morgan fingerprint density at radius 2 is 2.15 bits per heavy atom. The number of furan rings is 1. The van der Waals surface area contributed by atoms with Gasteiger partial charge in [0, 0.05) is 6.04 Å². The number of nitrogens with zero attached hydrogens (tertiary/aromatic N) is 1. The molecule has 1 aromatic carbocycles. The molecule has 0 N–H and O–H groups in total. The highest BCUT2D eigenvalue weighted by Gasteiger charge is 2.32. The van der Waals surface area contributed by atoms with Gasteiger partial charge in [0.25, 0.3) is 0 Å². The van der Waals surface area contributed by atoms with E-state index in [1.807, 2.05) is 17.0 Å². The molecule has 3 rings (SSSR count). The van der Waals surface area contributed by atoms with Gasteiger partial charge in [-0.25, -0.2) is 4.39 Å². The van der Waals surface area contributed by atoms with Crippen LogP contribution in [0.1, 0.15) is 24.2 Å². The fourth-order valence-electron chi connectivity index (χ4n) is 2.30. The van der Waals surface area contributed by atoms with Gasteiger partial charge in [0.2, 0.25) is 5.91 Å². The third kappa shape index (κ3) is 3.07. The van der Waals surface area contributed by atoms with Gasteiger partial charge in [-0.05, 0) is 42.7 Å². The Hall–Kier alpha value is -2.10. The summed E-state index contributed by atoms with van der Waals surface area (Å²) in [4.78, 5) is 14.2. The Labute approximate surface area is 117 Å². The first kappa shape index (κ1) is 12.9. The van der Waals surface area contributed by atoms with Crippen molar-refractivity contribution >= 4 is 5.91 Å². The summed E-state index contributed by atoms with van der Waals surface area (Å²) in [6.45, 7) is 0.492. The average Bonchev–Trinajstić information content (AvgIpc) is 3.12. The Kier molecular flexibility index (Phi) is 3.54. The zero-order valence-corrected chi connectivity index (χ0v) is 11.1. The van der Waals surface area contributed by atoms with Crippen molar-refractivity contribution in [2.45, 2.75) is 31.8 Å². The van der Waals surface area contributed by atoms with E-state index in [9.17, 15) is 9.18 Å². The van der Waals surface area contributed by atoms with E-state index in [1.54, 1.807) is 18.4 Å². The molecule has 20 heavy (non-hydrogen) atoms. The Bertz CT molecular complexity index is 590. The van der Waals surface area contributed by atoms with Gasteiger partial charge in [-0.1, -0.05) is 12.1 Å². The number of carbonyl (C=O) groups excluding carboxylic acids is 1. The standard InChI is InChI=1S/C16H16FNO2/c17-13-4-1-3-12(9-13)10-16(19)18(14-6-7-14)11-15-5-2-8-20-15/h1-5,8-9,14H,6-7,10-11H2. The first-order valence-corrected chi connectivity index (χ1v) is 6.78. The lowest BCUT2D eigenvalue weighted by Gasteiger charge is -2.21. The van der Waals surface area contributed by atoms with Crippen LogP contribution >= 0.6 is 0 Å². The molecule has 0 radical (unpaired) electrons. The van der Waals surface area contributed by atoms with Gasteiger partial charge in [0.05, 0.1) is 19.2 Å². The monoisotopic (exact) mass is 273 g/mol. The van der Waals surface area contributed by atoms with Gasteiger partial charge in [0.1, 0.15) is 11.6 Å². The third-order valence-electron chi connectivity index (χ3n) is 3.46. The molecule has 0 unspecified atom stereocenters. The van der Waals surface area contributed by atoms with Crippen LogP contribution in [0.25, 0.3) is 0 Å². The summed E-state index contributed by atoms with van der Waals surface area (Å²) in [5.74, 6) is 0.498. The van der Waals surface area contributed by atoms with Crippen LogP contribution in [0.5, 0.6) is 0 Å². The van der Waals surface area contributed by atoms with E-state index in [0.29, 0.717) is 18.2 Å². The molecule has 1 aliphatic rings. The molecule has 0 saturated heterocycles. The number of rotatable bonds is 5. The highest BCUT2D eigenvalue weighted by molar-refractivity contribution is 5.79. The summed E-state index contributed by atoms with van der Waals surface area (Å²) in [6, 6.07) is 10.2. The number of halogens is 1. The van der Waals surface area contributed by atoms with Crippen molar-refractivity contribution in [2.24, 2.45) is 0 Å². The van der Waals surface area contributed by atoms with Crippen LogP contribution < -0.4 is 0 Å². The summed E-state index contributed by atoms with van der Waals surface area (Å²) in [6.07, 6.45) is 3.91. The van der Waals surface area contributed by atoms with E-state index in [-0.39, 0.29) is 18.1 Å². The molecule has 0 aliphatic heterocycles. The maximum atomic E-state index is 13.2. The summed E-state index contributed by atoms with van der Waals surface area (Å²) in [7, 11) is 0. The molecular weight excluding hydrogens is 257 g/mol. The largest absolute Gasteiger partial charge is 0.467 e. The lowest BCUT2D eigenvalue weighted by Crippen LogP contribution is -2.33. The van der Waals surface area contributed by atoms with Crippen molar-refractivity contribution in [1.82, 2.24) is 4.90 Å². The molecule has 2 aromatic rings. The lowest BCUT2D eigenvalue weighted by molar-refractivity contribution is -0.131. The Balaban J connectivity index is 1.69. The number of amides is 1. The molecule has 1 aromatic heterocycles. The molecule has 1 fully saturated rings. The van der Waals surface area contributed by atoms with Crippen LogP contribution in [-0.4, -0.2) is 16.8 Å².